The van der Waals surface area contributed by atoms with Gasteiger partial charge in [-0.25, -0.2) is 0 Å². The maximum absolute atomic E-state index is 3.49. The molecule has 0 unspecified atom stereocenters. The molecular weight excluding hydrogens is 220 g/mol. The second kappa shape index (κ2) is 8.98. The highest BCUT2D eigenvalue weighted by atomic mass is 15.0. The number of hydrogen-bond donors (Lipinski definition) is 1. The van der Waals surface area contributed by atoms with Crippen LogP contribution >= 0.6 is 0 Å². The molecule has 0 saturated heterocycles. The Morgan fingerprint density at radius 2 is 1.61 bits per heavy atom. The van der Waals surface area contributed by atoms with Gasteiger partial charge in [-0.1, -0.05) is 44.7 Å². The van der Waals surface area contributed by atoms with Crippen LogP contribution in [-0.2, 0) is 6.54 Å². The predicted molar refractivity (Wildman–Crippen MR) is 81.1 cm³/mol. The van der Waals surface area contributed by atoms with Crippen LogP contribution in [-0.4, -0.2) is 25.5 Å². The first-order chi connectivity index (χ1) is 8.72. The average molecular weight is 248 g/mol. The van der Waals surface area contributed by atoms with Gasteiger partial charge >= 0.3 is 0 Å². The standard InChI is InChI=1S/C16H28N2/c1-4-5-6-7-8-13-17-16-11-9-15(10-12-16)14-18(2)3/h9-12,17H,4-8,13-14H2,1-3H3. The Bertz CT molecular complexity index is 303. The van der Waals surface area contributed by atoms with Crippen molar-refractivity contribution >= 4 is 5.69 Å². The summed E-state index contributed by atoms with van der Waals surface area (Å²) in [5.74, 6) is 0. The highest BCUT2D eigenvalue weighted by molar-refractivity contribution is 5.44. The smallest absolute Gasteiger partial charge is 0.0340 e. The summed E-state index contributed by atoms with van der Waals surface area (Å²) in [6.45, 7) is 4.36. The predicted octanol–water partition coefficient (Wildman–Crippen LogP) is 4.13. The number of nitrogens with one attached hydrogen (secondary N) is 1. The van der Waals surface area contributed by atoms with Gasteiger partial charge in [0.25, 0.3) is 0 Å². The molecule has 0 aliphatic carbocycles. The molecule has 0 bridgehead atoms. The first kappa shape index (κ1) is 15.0. The number of benzene rings is 1. The molecule has 0 radical (unpaired) electrons. The van der Waals surface area contributed by atoms with Crippen molar-refractivity contribution in [3.63, 3.8) is 0 Å². The largest absolute Gasteiger partial charge is 0.385 e. The number of hydrogen-bond acceptors (Lipinski definition) is 2. The van der Waals surface area contributed by atoms with Crippen LogP contribution in [0.3, 0.4) is 0 Å². The molecule has 0 heterocycles. The number of anilines is 1. The van der Waals surface area contributed by atoms with E-state index in [1.807, 2.05) is 0 Å². The first-order valence-electron chi connectivity index (χ1n) is 7.20. The molecular formula is C16H28N2. The molecule has 0 fully saturated rings. The monoisotopic (exact) mass is 248 g/mol. The van der Waals surface area contributed by atoms with Gasteiger partial charge < -0.3 is 10.2 Å². The minimum atomic E-state index is 1.01. The maximum Gasteiger partial charge on any atom is 0.0340 e. The van der Waals surface area contributed by atoms with Crippen molar-refractivity contribution < 1.29 is 0 Å². The van der Waals surface area contributed by atoms with E-state index in [0.29, 0.717) is 0 Å². The van der Waals surface area contributed by atoms with E-state index < -0.39 is 0 Å². The highest BCUT2D eigenvalue weighted by Crippen LogP contribution is 2.11. The summed E-state index contributed by atoms with van der Waals surface area (Å²) in [6.07, 6.45) is 6.69. The number of nitrogens with zero attached hydrogens (tertiary/aromatic N) is 1. The van der Waals surface area contributed by atoms with Crippen molar-refractivity contribution in [3.8, 4) is 0 Å². The number of unbranched alkanes of at least 4 members (excludes halogenated alkanes) is 4. The van der Waals surface area contributed by atoms with Gasteiger partial charge in [0.05, 0.1) is 0 Å². The van der Waals surface area contributed by atoms with Crippen LogP contribution in [0.5, 0.6) is 0 Å². The van der Waals surface area contributed by atoms with E-state index in [1.54, 1.807) is 0 Å². The lowest BCUT2D eigenvalue weighted by Gasteiger charge is -2.11. The maximum atomic E-state index is 3.49. The summed E-state index contributed by atoms with van der Waals surface area (Å²) in [7, 11) is 4.20. The minimum absolute atomic E-state index is 1.01. The fraction of sp³-hybridized carbons (Fsp3) is 0.625. The first-order valence-corrected chi connectivity index (χ1v) is 7.20. The Kier molecular flexibility index (Phi) is 7.51. The number of rotatable bonds is 9. The van der Waals surface area contributed by atoms with Gasteiger partial charge in [-0.15, -0.1) is 0 Å². The summed E-state index contributed by atoms with van der Waals surface area (Å²) < 4.78 is 0. The van der Waals surface area contributed by atoms with E-state index in [2.05, 4.69) is 55.5 Å². The minimum Gasteiger partial charge on any atom is -0.385 e. The molecule has 0 aliphatic rings. The fourth-order valence-corrected chi connectivity index (χ4v) is 2.05. The van der Waals surface area contributed by atoms with Gasteiger partial charge in [0, 0.05) is 18.8 Å². The molecule has 0 amide bonds. The van der Waals surface area contributed by atoms with Crippen molar-refractivity contribution in [3.05, 3.63) is 29.8 Å². The SMILES string of the molecule is CCCCCCCNc1ccc(CN(C)C)cc1. The van der Waals surface area contributed by atoms with E-state index in [-0.39, 0.29) is 0 Å². The Morgan fingerprint density at radius 1 is 0.944 bits per heavy atom. The molecule has 1 rings (SSSR count). The van der Waals surface area contributed by atoms with Crippen molar-refractivity contribution in [2.24, 2.45) is 0 Å². The Hall–Kier alpha value is -1.02. The Balaban J connectivity index is 2.18. The van der Waals surface area contributed by atoms with E-state index >= 15 is 0 Å². The molecule has 0 spiro atoms. The van der Waals surface area contributed by atoms with Gasteiger partial charge in [-0.3, -0.25) is 0 Å². The molecule has 0 aromatic heterocycles. The molecule has 2 nitrogen and oxygen atoms in total. The normalized spacial score (nSPS) is 10.9. The quantitative estimate of drug-likeness (QED) is 0.661. The summed E-state index contributed by atoms with van der Waals surface area (Å²) in [5, 5.41) is 3.49. The van der Waals surface area contributed by atoms with Crippen LogP contribution in [0.15, 0.2) is 24.3 Å². The van der Waals surface area contributed by atoms with Gasteiger partial charge in [0.1, 0.15) is 0 Å². The summed E-state index contributed by atoms with van der Waals surface area (Å²) in [4.78, 5) is 2.19. The van der Waals surface area contributed by atoms with E-state index in [1.165, 1.54) is 43.4 Å². The van der Waals surface area contributed by atoms with Gasteiger partial charge in [0.2, 0.25) is 0 Å². The Labute approximate surface area is 112 Å². The summed E-state index contributed by atoms with van der Waals surface area (Å²) >= 11 is 0. The zero-order valence-corrected chi connectivity index (χ0v) is 12.2. The van der Waals surface area contributed by atoms with Crippen LogP contribution in [0, 0.1) is 0 Å². The van der Waals surface area contributed by atoms with E-state index in [9.17, 15) is 0 Å². The molecule has 2 heteroatoms. The second-order valence-corrected chi connectivity index (χ2v) is 5.28. The van der Waals surface area contributed by atoms with E-state index in [0.717, 1.165) is 13.1 Å². The Morgan fingerprint density at radius 3 is 2.22 bits per heavy atom. The summed E-state index contributed by atoms with van der Waals surface area (Å²) in [6, 6.07) is 8.79. The van der Waals surface area contributed by atoms with Crippen LogP contribution in [0.4, 0.5) is 5.69 Å². The molecule has 102 valence electrons. The second-order valence-electron chi connectivity index (χ2n) is 5.28. The van der Waals surface area contributed by atoms with Crippen molar-refractivity contribution in [2.45, 2.75) is 45.6 Å². The molecule has 1 N–H and O–H groups in total. The topological polar surface area (TPSA) is 15.3 Å². The van der Waals surface area contributed by atoms with Crippen molar-refractivity contribution in [1.82, 2.24) is 4.90 Å². The molecule has 0 saturated carbocycles. The lowest BCUT2D eigenvalue weighted by molar-refractivity contribution is 0.402. The summed E-state index contributed by atoms with van der Waals surface area (Å²) in [5.41, 5.74) is 2.61. The third kappa shape index (κ3) is 6.65. The third-order valence-electron chi connectivity index (χ3n) is 3.06. The van der Waals surface area contributed by atoms with E-state index in [4.69, 9.17) is 0 Å². The van der Waals surface area contributed by atoms with Crippen LogP contribution in [0.1, 0.15) is 44.6 Å². The molecule has 0 aliphatic heterocycles. The molecule has 18 heavy (non-hydrogen) atoms. The highest BCUT2D eigenvalue weighted by Gasteiger charge is 1.96. The third-order valence-corrected chi connectivity index (χ3v) is 3.06. The van der Waals surface area contributed by atoms with Crippen LogP contribution < -0.4 is 5.32 Å². The molecule has 0 atom stereocenters. The van der Waals surface area contributed by atoms with Crippen molar-refractivity contribution in [1.29, 1.82) is 0 Å². The lowest BCUT2D eigenvalue weighted by Crippen LogP contribution is -2.10. The zero-order chi connectivity index (χ0) is 13.2. The van der Waals surface area contributed by atoms with Gasteiger partial charge in [0.15, 0.2) is 0 Å². The molecule has 1 aromatic carbocycles. The van der Waals surface area contributed by atoms with Crippen LogP contribution in [0.25, 0.3) is 0 Å². The zero-order valence-electron chi connectivity index (χ0n) is 12.2. The lowest BCUT2D eigenvalue weighted by atomic mass is 10.1. The average Bonchev–Trinajstić information content (AvgIpc) is 2.35. The van der Waals surface area contributed by atoms with Gasteiger partial charge in [-0.05, 0) is 38.2 Å². The van der Waals surface area contributed by atoms with Crippen LogP contribution in [0.2, 0.25) is 0 Å². The molecule has 1 aromatic rings. The fourth-order valence-electron chi connectivity index (χ4n) is 2.05. The van der Waals surface area contributed by atoms with Gasteiger partial charge in [-0.2, -0.15) is 0 Å². The van der Waals surface area contributed by atoms with Crippen molar-refractivity contribution in [2.75, 3.05) is 26.0 Å².